The molecule has 0 unspecified atom stereocenters. The molecule has 0 rings (SSSR count). The maximum atomic E-state index is 5.56. The summed E-state index contributed by atoms with van der Waals surface area (Å²) in [6.07, 6.45) is 0. The highest BCUT2D eigenvalue weighted by molar-refractivity contribution is 6.77. The second-order valence-electron chi connectivity index (χ2n) is 5.00. The van der Waals surface area contributed by atoms with Crippen LogP contribution in [0.5, 0.6) is 0 Å². The normalized spacial score (nSPS) is 13.4. The van der Waals surface area contributed by atoms with Gasteiger partial charge in [0, 0.05) is 20.3 Å². The van der Waals surface area contributed by atoms with Gasteiger partial charge in [0.25, 0.3) is 0 Å². The van der Waals surface area contributed by atoms with Gasteiger partial charge >= 0.3 is 8.56 Å². The lowest BCUT2D eigenvalue weighted by Gasteiger charge is -2.39. The highest BCUT2D eigenvalue weighted by Crippen LogP contribution is 2.25. The molecule has 0 bridgehead atoms. The van der Waals surface area contributed by atoms with Crippen molar-refractivity contribution in [3.05, 3.63) is 0 Å². The predicted octanol–water partition coefficient (Wildman–Crippen LogP) is 3.29. The number of nitrogens with zero attached hydrogens (tertiary/aromatic N) is 1. The van der Waals surface area contributed by atoms with E-state index in [9.17, 15) is 0 Å². The maximum Gasteiger partial charge on any atom is 0.335 e. The zero-order chi connectivity index (χ0) is 13.5. The summed E-state index contributed by atoms with van der Waals surface area (Å²) in [5.74, 6) is 0. The van der Waals surface area contributed by atoms with Crippen LogP contribution in [0, 0.1) is 0 Å². The third kappa shape index (κ3) is 4.48. The van der Waals surface area contributed by atoms with Crippen molar-refractivity contribution in [3.8, 4) is 0 Å². The average Bonchev–Trinajstić information content (AvgIpc) is 2.38. The van der Waals surface area contributed by atoms with E-state index in [0.717, 1.165) is 12.6 Å². The molecule has 0 spiro atoms. The average molecular weight is 278 g/mol. The molecule has 0 aliphatic heterocycles. The van der Waals surface area contributed by atoms with Gasteiger partial charge in [-0.05, 0) is 38.3 Å². The molecule has 0 fully saturated rings. The van der Waals surface area contributed by atoms with Crippen LogP contribution in [0.25, 0.3) is 0 Å². The molecule has 0 saturated heterocycles. The van der Waals surface area contributed by atoms with Gasteiger partial charge in [-0.15, -0.1) is 0 Å². The van der Waals surface area contributed by atoms with Gasteiger partial charge in [0.15, 0.2) is 0 Å². The Morgan fingerprint density at radius 3 is 1.65 bits per heavy atom. The van der Waals surface area contributed by atoms with Crippen LogP contribution in [-0.4, -0.2) is 49.2 Å². The summed E-state index contributed by atoms with van der Waals surface area (Å²) in [6, 6.07) is 5.09. The number of rotatable bonds is 9. The third-order valence-corrected chi connectivity index (χ3v) is 13.2. The van der Waals surface area contributed by atoms with Crippen molar-refractivity contribution in [2.75, 3.05) is 27.8 Å². The molecule has 0 N–H and O–H groups in total. The Morgan fingerprint density at radius 2 is 1.35 bits per heavy atom. The molecule has 3 nitrogen and oxygen atoms in total. The summed E-state index contributed by atoms with van der Waals surface area (Å²) in [7, 11) is 2.75. The fourth-order valence-corrected chi connectivity index (χ4v) is 7.70. The van der Waals surface area contributed by atoms with Crippen molar-refractivity contribution >= 4 is 16.8 Å². The molecule has 0 aromatic rings. The SMILES string of the molecule is CC[Si](CC)(CC)N(C)CC[Si](C)(OC)OC. The van der Waals surface area contributed by atoms with Crippen molar-refractivity contribution in [3.63, 3.8) is 0 Å². The molecule has 0 heterocycles. The molecule has 0 amide bonds. The summed E-state index contributed by atoms with van der Waals surface area (Å²) in [6.45, 7) is 10.3. The Morgan fingerprint density at radius 1 is 0.941 bits per heavy atom. The lowest BCUT2D eigenvalue weighted by molar-refractivity contribution is 0.246. The summed E-state index contributed by atoms with van der Waals surface area (Å²) in [5.41, 5.74) is 0. The first kappa shape index (κ1) is 17.3. The Bertz CT molecular complexity index is 198. The topological polar surface area (TPSA) is 21.7 Å². The van der Waals surface area contributed by atoms with Gasteiger partial charge in [-0.3, -0.25) is 0 Å². The van der Waals surface area contributed by atoms with Gasteiger partial charge < -0.3 is 13.4 Å². The van der Waals surface area contributed by atoms with Gasteiger partial charge in [-0.25, -0.2) is 0 Å². The Hall–Kier alpha value is 0.314. The van der Waals surface area contributed by atoms with Crippen LogP contribution >= 0.6 is 0 Å². The van der Waals surface area contributed by atoms with Crippen LogP contribution in [0.2, 0.25) is 30.7 Å². The smallest absolute Gasteiger partial charge is 0.335 e. The maximum absolute atomic E-state index is 5.56. The molecule has 0 aromatic carbocycles. The quantitative estimate of drug-likeness (QED) is 0.604. The Balaban J connectivity index is 4.47. The number of hydrogen-bond acceptors (Lipinski definition) is 3. The molecular weight excluding hydrogens is 246 g/mol. The van der Waals surface area contributed by atoms with Crippen LogP contribution in [0.1, 0.15) is 20.8 Å². The molecule has 0 radical (unpaired) electrons. The van der Waals surface area contributed by atoms with Crippen molar-refractivity contribution in [2.24, 2.45) is 0 Å². The molecule has 0 aliphatic carbocycles. The van der Waals surface area contributed by atoms with Crippen LogP contribution in [0.15, 0.2) is 0 Å². The van der Waals surface area contributed by atoms with Crippen molar-refractivity contribution in [2.45, 2.75) is 51.5 Å². The first-order valence-corrected chi connectivity index (χ1v) is 11.8. The third-order valence-electron chi connectivity index (χ3n) is 4.55. The fourth-order valence-electron chi connectivity index (χ4n) is 2.46. The summed E-state index contributed by atoms with van der Waals surface area (Å²) in [4.78, 5) is 0. The zero-order valence-electron chi connectivity index (χ0n) is 12.8. The van der Waals surface area contributed by atoms with Gasteiger partial charge in [-0.2, -0.15) is 0 Å². The monoisotopic (exact) mass is 277 g/mol. The van der Waals surface area contributed by atoms with Gasteiger partial charge in [0.2, 0.25) is 0 Å². The van der Waals surface area contributed by atoms with E-state index in [0.29, 0.717) is 0 Å². The minimum Gasteiger partial charge on any atom is -0.398 e. The van der Waals surface area contributed by atoms with Crippen LogP contribution < -0.4 is 0 Å². The fraction of sp³-hybridized carbons (Fsp3) is 1.00. The van der Waals surface area contributed by atoms with E-state index in [-0.39, 0.29) is 0 Å². The van der Waals surface area contributed by atoms with E-state index < -0.39 is 16.8 Å². The first-order chi connectivity index (χ1) is 7.93. The molecule has 0 aromatic heterocycles. The molecule has 17 heavy (non-hydrogen) atoms. The Labute approximate surface area is 110 Å². The number of hydrogen-bond donors (Lipinski definition) is 0. The minimum atomic E-state index is -1.90. The van der Waals surface area contributed by atoms with E-state index in [4.69, 9.17) is 8.85 Å². The van der Waals surface area contributed by atoms with Crippen LogP contribution in [0.4, 0.5) is 0 Å². The first-order valence-electron chi connectivity index (χ1n) is 6.75. The predicted molar refractivity (Wildman–Crippen MR) is 80.3 cm³/mol. The second-order valence-corrected chi connectivity index (χ2v) is 13.9. The lowest BCUT2D eigenvalue weighted by atomic mass is 10.8. The van der Waals surface area contributed by atoms with Crippen LogP contribution in [-0.2, 0) is 8.85 Å². The summed E-state index contributed by atoms with van der Waals surface area (Å²) in [5, 5.41) is 0. The van der Waals surface area contributed by atoms with Crippen LogP contribution in [0.3, 0.4) is 0 Å². The minimum absolute atomic E-state index is 1.06. The molecule has 5 heteroatoms. The van der Waals surface area contributed by atoms with E-state index in [1.807, 2.05) is 0 Å². The Kier molecular flexibility index (Phi) is 7.83. The van der Waals surface area contributed by atoms with Crippen molar-refractivity contribution < 1.29 is 8.85 Å². The highest BCUT2D eigenvalue weighted by Gasteiger charge is 2.35. The summed E-state index contributed by atoms with van der Waals surface area (Å²) >= 11 is 0. The molecule has 0 saturated carbocycles. The van der Waals surface area contributed by atoms with Gasteiger partial charge in [0.1, 0.15) is 8.24 Å². The molecule has 0 atom stereocenters. The largest absolute Gasteiger partial charge is 0.398 e. The van der Waals surface area contributed by atoms with E-state index in [1.165, 1.54) is 18.1 Å². The molecule has 0 aliphatic rings. The second kappa shape index (κ2) is 7.68. The molecule has 104 valence electrons. The van der Waals surface area contributed by atoms with Gasteiger partial charge in [0.05, 0.1) is 0 Å². The standard InChI is InChI=1S/C12H31NO2Si2/c1-8-17(9-2,10-3)13(4)11-12-16(7,14-5)15-6/h8-12H2,1-7H3. The van der Waals surface area contributed by atoms with E-state index >= 15 is 0 Å². The molecular formula is C12H31NO2Si2. The summed E-state index contributed by atoms with van der Waals surface area (Å²) < 4.78 is 13.7. The van der Waals surface area contributed by atoms with Gasteiger partial charge in [-0.1, -0.05) is 20.8 Å². The van der Waals surface area contributed by atoms with E-state index in [2.05, 4.69) is 38.9 Å². The lowest BCUT2D eigenvalue weighted by Crippen LogP contribution is -2.52. The highest BCUT2D eigenvalue weighted by atomic mass is 28.4. The van der Waals surface area contributed by atoms with Crippen molar-refractivity contribution in [1.29, 1.82) is 0 Å². The zero-order valence-corrected chi connectivity index (χ0v) is 14.8. The van der Waals surface area contributed by atoms with E-state index in [1.54, 1.807) is 14.2 Å². The van der Waals surface area contributed by atoms with Crippen molar-refractivity contribution in [1.82, 2.24) is 4.57 Å².